The van der Waals surface area contributed by atoms with E-state index in [0.717, 1.165) is 16.7 Å². The highest BCUT2D eigenvalue weighted by atomic mass is 15.1. The molecule has 0 unspecified atom stereocenters. The van der Waals surface area contributed by atoms with Crippen molar-refractivity contribution in [1.82, 2.24) is 0 Å². The molecule has 6 nitrogen and oxygen atoms in total. The fourth-order valence-electron chi connectivity index (χ4n) is 2.12. The van der Waals surface area contributed by atoms with Crippen molar-refractivity contribution in [1.29, 1.82) is 0 Å². The van der Waals surface area contributed by atoms with E-state index in [4.69, 9.17) is 11.1 Å². The zero-order valence-corrected chi connectivity index (χ0v) is 11.4. The first-order valence-electron chi connectivity index (χ1n) is 6.52. The van der Waals surface area contributed by atoms with Crippen LogP contribution in [0.25, 0.3) is 32.0 Å². The van der Waals surface area contributed by atoms with E-state index in [-0.39, 0.29) is 19.0 Å². The number of rotatable bonds is 6. The van der Waals surface area contributed by atoms with Gasteiger partial charge in [0.05, 0.1) is 0 Å². The summed E-state index contributed by atoms with van der Waals surface area (Å²) >= 11 is 0. The molecule has 0 bridgehead atoms. The maximum atomic E-state index is 8.44. The second kappa shape index (κ2) is 7.60. The quantitative estimate of drug-likeness (QED) is 0.401. The van der Waals surface area contributed by atoms with Crippen LogP contribution in [0.15, 0.2) is 64.8 Å². The minimum atomic E-state index is -0.0957. The van der Waals surface area contributed by atoms with Crippen LogP contribution in [0.5, 0.6) is 0 Å². The molecule has 2 rings (SSSR count). The Morgan fingerprint density at radius 1 is 0.762 bits per heavy atom. The summed E-state index contributed by atoms with van der Waals surface area (Å²) in [6.45, 7) is 0.556. The average molecular weight is 278 g/mol. The second-order valence-electron chi connectivity index (χ2n) is 4.51. The van der Waals surface area contributed by atoms with Crippen LogP contribution in [0.3, 0.4) is 0 Å². The van der Waals surface area contributed by atoms with Crippen LogP contribution < -0.4 is 0 Å². The zero-order valence-electron chi connectivity index (χ0n) is 11.4. The number of nitrogens with zero attached hydrogens (tertiary/aromatic N) is 6. The van der Waals surface area contributed by atoms with Crippen LogP contribution in [0, 0.1) is 0 Å². The van der Waals surface area contributed by atoms with E-state index in [9.17, 15) is 0 Å². The summed E-state index contributed by atoms with van der Waals surface area (Å²) in [6.07, 6.45) is 0. The van der Waals surface area contributed by atoms with Crippen LogP contribution in [-0.4, -0.2) is 13.1 Å². The zero-order chi connectivity index (χ0) is 14.9. The van der Waals surface area contributed by atoms with Crippen molar-refractivity contribution < 1.29 is 0 Å². The van der Waals surface area contributed by atoms with Crippen LogP contribution in [0.4, 0.5) is 0 Å². The van der Waals surface area contributed by atoms with Crippen LogP contribution >= 0.6 is 0 Å². The van der Waals surface area contributed by atoms with Gasteiger partial charge in [-0.05, 0) is 33.7 Å². The summed E-state index contributed by atoms with van der Waals surface area (Å²) in [5.41, 5.74) is 20.1. The SMILES string of the molecule is [N-]=[N+]=NCC(CN=[N+]=[N-])c1ccc(-c2ccccc2)cc1. The first kappa shape index (κ1) is 14.5. The second-order valence-corrected chi connectivity index (χ2v) is 4.51. The van der Waals surface area contributed by atoms with Crippen molar-refractivity contribution in [3.8, 4) is 11.1 Å². The van der Waals surface area contributed by atoms with Crippen molar-refractivity contribution >= 4 is 0 Å². The molecule has 2 aromatic rings. The molecule has 0 fully saturated rings. The largest absolute Gasteiger partial charge is 0.0933 e. The fraction of sp³-hybridized carbons (Fsp3) is 0.200. The number of azide groups is 2. The Morgan fingerprint density at radius 2 is 1.29 bits per heavy atom. The molecule has 0 saturated heterocycles. The van der Waals surface area contributed by atoms with Crippen molar-refractivity contribution in [3.05, 3.63) is 81.0 Å². The molecule has 104 valence electrons. The Morgan fingerprint density at radius 3 is 1.81 bits per heavy atom. The Hall–Kier alpha value is -2.94. The van der Waals surface area contributed by atoms with Gasteiger partial charge in [-0.1, -0.05) is 64.8 Å². The highest BCUT2D eigenvalue weighted by molar-refractivity contribution is 5.63. The molecule has 0 N–H and O–H groups in total. The smallest absolute Gasteiger partial charge is 0.0328 e. The van der Waals surface area contributed by atoms with Crippen LogP contribution in [-0.2, 0) is 0 Å². The standard InChI is InChI=1S/C15H14N6/c16-20-18-10-15(11-19-21-17)14-8-6-13(7-9-14)12-4-2-1-3-5-12/h1-9,15H,10-11H2. The molecule has 0 saturated carbocycles. The van der Waals surface area contributed by atoms with Crippen LogP contribution in [0.1, 0.15) is 11.5 Å². The highest BCUT2D eigenvalue weighted by Crippen LogP contribution is 2.23. The van der Waals surface area contributed by atoms with Crippen LogP contribution in [0.2, 0.25) is 0 Å². The molecule has 0 spiro atoms. The molecule has 0 aromatic heterocycles. The molecule has 0 radical (unpaired) electrons. The van der Waals surface area contributed by atoms with Gasteiger partial charge in [0.1, 0.15) is 0 Å². The molecule has 0 atom stereocenters. The lowest BCUT2D eigenvalue weighted by atomic mass is 9.96. The molecule has 0 aliphatic heterocycles. The predicted octanol–water partition coefficient (Wildman–Crippen LogP) is 5.06. The number of benzene rings is 2. The monoisotopic (exact) mass is 278 g/mol. The lowest BCUT2D eigenvalue weighted by Crippen LogP contribution is -2.06. The Bertz CT molecular complexity index is 647. The van der Waals surface area contributed by atoms with Crippen molar-refractivity contribution in [3.63, 3.8) is 0 Å². The Labute approximate surface area is 122 Å². The number of hydrogen-bond donors (Lipinski definition) is 0. The molecular weight excluding hydrogens is 264 g/mol. The summed E-state index contributed by atoms with van der Waals surface area (Å²) in [6, 6.07) is 18.1. The maximum absolute atomic E-state index is 8.44. The van der Waals surface area contributed by atoms with E-state index in [1.54, 1.807) is 0 Å². The molecule has 21 heavy (non-hydrogen) atoms. The minimum Gasteiger partial charge on any atom is -0.0933 e. The minimum absolute atomic E-state index is 0.0957. The highest BCUT2D eigenvalue weighted by Gasteiger charge is 2.10. The van der Waals surface area contributed by atoms with Gasteiger partial charge in [0.25, 0.3) is 0 Å². The van der Waals surface area contributed by atoms with E-state index < -0.39 is 0 Å². The maximum Gasteiger partial charge on any atom is 0.0328 e. The first-order chi connectivity index (χ1) is 10.3. The van der Waals surface area contributed by atoms with E-state index in [0.29, 0.717) is 0 Å². The lowest BCUT2D eigenvalue weighted by molar-refractivity contribution is 0.703. The van der Waals surface area contributed by atoms with Gasteiger partial charge in [0.2, 0.25) is 0 Å². The summed E-state index contributed by atoms with van der Waals surface area (Å²) in [4.78, 5) is 5.53. The molecule has 2 aromatic carbocycles. The average Bonchev–Trinajstić information content (AvgIpc) is 2.56. The Kier molecular flexibility index (Phi) is 5.24. The summed E-state index contributed by atoms with van der Waals surface area (Å²) in [5, 5.41) is 7.16. The first-order valence-corrected chi connectivity index (χ1v) is 6.52. The van der Waals surface area contributed by atoms with Gasteiger partial charge in [-0.3, -0.25) is 0 Å². The van der Waals surface area contributed by atoms with E-state index >= 15 is 0 Å². The van der Waals surface area contributed by atoms with E-state index in [1.165, 1.54) is 0 Å². The van der Waals surface area contributed by atoms with Crippen molar-refractivity contribution in [2.75, 3.05) is 13.1 Å². The van der Waals surface area contributed by atoms with Gasteiger partial charge in [-0.2, -0.15) is 0 Å². The Balaban J connectivity index is 2.22. The molecule has 6 heteroatoms. The third-order valence-electron chi connectivity index (χ3n) is 3.22. The van der Waals surface area contributed by atoms with Gasteiger partial charge in [-0.15, -0.1) is 0 Å². The molecule has 0 heterocycles. The van der Waals surface area contributed by atoms with Gasteiger partial charge in [0.15, 0.2) is 0 Å². The normalized spacial score (nSPS) is 11.0. The van der Waals surface area contributed by atoms with E-state index in [1.807, 2.05) is 54.6 Å². The van der Waals surface area contributed by atoms with Crippen molar-refractivity contribution in [2.45, 2.75) is 5.92 Å². The van der Waals surface area contributed by atoms with Crippen molar-refractivity contribution in [2.24, 2.45) is 10.2 Å². The predicted molar refractivity (Wildman–Crippen MR) is 82.6 cm³/mol. The molecular formula is C15H14N6. The third-order valence-corrected chi connectivity index (χ3v) is 3.22. The number of hydrogen-bond acceptors (Lipinski definition) is 2. The molecule has 0 aliphatic carbocycles. The summed E-state index contributed by atoms with van der Waals surface area (Å²) in [7, 11) is 0. The molecule has 0 aliphatic rings. The summed E-state index contributed by atoms with van der Waals surface area (Å²) in [5.74, 6) is -0.0957. The topological polar surface area (TPSA) is 97.5 Å². The molecule has 0 amide bonds. The third kappa shape index (κ3) is 4.01. The van der Waals surface area contributed by atoms with Gasteiger partial charge < -0.3 is 0 Å². The van der Waals surface area contributed by atoms with Gasteiger partial charge in [0, 0.05) is 22.9 Å². The van der Waals surface area contributed by atoms with Gasteiger partial charge in [-0.25, -0.2) is 0 Å². The van der Waals surface area contributed by atoms with E-state index in [2.05, 4.69) is 20.1 Å². The lowest BCUT2D eigenvalue weighted by Gasteiger charge is -2.12. The van der Waals surface area contributed by atoms with Gasteiger partial charge >= 0.3 is 0 Å². The fourth-order valence-corrected chi connectivity index (χ4v) is 2.12. The summed E-state index contributed by atoms with van der Waals surface area (Å²) < 4.78 is 0.